The predicted octanol–water partition coefficient (Wildman–Crippen LogP) is 2.46. The predicted molar refractivity (Wildman–Crippen MR) is 40.9 cm³/mol. The second kappa shape index (κ2) is 3.22. The smallest absolute Gasteiger partial charge is 0.361 e. The maximum absolute atomic E-state index is 13.0. The molecule has 0 amide bonds. The minimum atomic E-state index is -6.26. The number of hydrogen-bond acceptors (Lipinski definition) is 2. The van der Waals surface area contributed by atoms with Crippen LogP contribution in [0, 0.1) is 0 Å². The number of halogens is 8. The second-order valence-corrected chi connectivity index (χ2v) is 3.59. The van der Waals surface area contributed by atoms with Gasteiger partial charge in [0.25, 0.3) is 0 Å². The molecule has 100 valence electrons. The summed E-state index contributed by atoms with van der Waals surface area (Å²) in [5, 5.41) is 0. The van der Waals surface area contributed by atoms with Crippen LogP contribution in [0.1, 0.15) is 0 Å². The van der Waals surface area contributed by atoms with Crippen LogP contribution in [-0.4, -0.2) is 48.6 Å². The van der Waals surface area contributed by atoms with Crippen molar-refractivity contribution in [2.24, 2.45) is 4.99 Å². The fourth-order valence-electron chi connectivity index (χ4n) is 1.18. The molecule has 0 radical (unpaired) electrons. The van der Waals surface area contributed by atoms with Crippen molar-refractivity contribution in [1.29, 1.82) is 0 Å². The van der Waals surface area contributed by atoms with Crippen molar-refractivity contribution >= 4 is 5.84 Å². The number of amidine groups is 1. The van der Waals surface area contributed by atoms with E-state index in [1.165, 1.54) is 0 Å². The molecule has 0 unspecified atom stereocenters. The molecule has 0 saturated carbocycles. The lowest BCUT2D eigenvalue weighted by molar-refractivity contribution is -0.359. The molecule has 0 fully saturated rings. The zero-order valence-corrected chi connectivity index (χ0v) is 8.42. The van der Waals surface area contributed by atoms with E-state index >= 15 is 0 Å². The van der Waals surface area contributed by atoms with Crippen molar-refractivity contribution in [2.75, 3.05) is 14.1 Å². The Balaban J connectivity index is 3.55. The van der Waals surface area contributed by atoms with Gasteiger partial charge in [-0.2, -0.15) is 40.1 Å². The molecule has 0 aromatic carbocycles. The SMILES string of the molecule is CN(C)C1=NC(F)(F)C(F)(F)C(F)(F)C1(F)F. The summed E-state index contributed by atoms with van der Waals surface area (Å²) in [5.74, 6) is -20.1. The molecule has 0 bridgehead atoms. The van der Waals surface area contributed by atoms with E-state index in [1.807, 2.05) is 0 Å². The lowest BCUT2D eigenvalue weighted by Crippen LogP contribution is -2.69. The Morgan fingerprint density at radius 2 is 1.24 bits per heavy atom. The molecule has 0 spiro atoms. The summed E-state index contributed by atoms with van der Waals surface area (Å²) in [6.07, 6.45) is 0. The van der Waals surface area contributed by atoms with Crippen LogP contribution >= 0.6 is 0 Å². The van der Waals surface area contributed by atoms with Gasteiger partial charge in [-0.1, -0.05) is 0 Å². The molecule has 17 heavy (non-hydrogen) atoms. The minimum absolute atomic E-state index is 0.136. The van der Waals surface area contributed by atoms with Crippen LogP contribution in [0.3, 0.4) is 0 Å². The molecule has 0 aliphatic carbocycles. The normalized spacial score (nSPS) is 28.5. The van der Waals surface area contributed by atoms with Gasteiger partial charge in [-0.05, 0) is 0 Å². The Labute approximate surface area is 89.9 Å². The molecule has 10 heteroatoms. The molecule has 0 saturated heterocycles. The third-order valence-electron chi connectivity index (χ3n) is 2.12. The number of nitrogens with zero attached hydrogens (tertiary/aromatic N) is 2. The Morgan fingerprint density at radius 3 is 1.59 bits per heavy atom. The topological polar surface area (TPSA) is 15.6 Å². The Bertz CT molecular complexity index is 359. The van der Waals surface area contributed by atoms with Gasteiger partial charge in [0, 0.05) is 14.1 Å². The van der Waals surface area contributed by atoms with E-state index < -0.39 is 29.6 Å². The van der Waals surface area contributed by atoms with Crippen molar-refractivity contribution in [3.63, 3.8) is 0 Å². The first-order chi connectivity index (χ1) is 7.29. The first-order valence-corrected chi connectivity index (χ1v) is 4.08. The third-order valence-corrected chi connectivity index (χ3v) is 2.12. The fourth-order valence-corrected chi connectivity index (χ4v) is 1.18. The summed E-state index contributed by atoms with van der Waals surface area (Å²) in [6, 6.07) is -5.60. The highest BCUT2D eigenvalue weighted by molar-refractivity contribution is 5.91. The van der Waals surface area contributed by atoms with Crippen LogP contribution in [0.2, 0.25) is 0 Å². The Morgan fingerprint density at radius 1 is 0.824 bits per heavy atom. The minimum Gasteiger partial charge on any atom is -0.361 e. The molecular weight excluding hydrogens is 264 g/mol. The van der Waals surface area contributed by atoms with E-state index in [1.54, 1.807) is 4.99 Å². The summed E-state index contributed by atoms with van der Waals surface area (Å²) >= 11 is 0. The maximum Gasteiger partial charge on any atom is 0.413 e. The van der Waals surface area contributed by atoms with Crippen molar-refractivity contribution in [1.82, 2.24) is 4.90 Å². The average molecular weight is 270 g/mol. The quantitative estimate of drug-likeness (QED) is 0.487. The third kappa shape index (κ3) is 1.48. The Kier molecular flexibility index (Phi) is 2.65. The van der Waals surface area contributed by atoms with E-state index in [4.69, 9.17) is 0 Å². The lowest BCUT2D eigenvalue weighted by atomic mass is 9.98. The number of hydrogen-bond donors (Lipinski definition) is 0. The molecule has 1 aliphatic rings. The van der Waals surface area contributed by atoms with Gasteiger partial charge in [0.2, 0.25) is 0 Å². The van der Waals surface area contributed by atoms with Crippen LogP contribution in [0.5, 0.6) is 0 Å². The van der Waals surface area contributed by atoms with Gasteiger partial charge in [-0.15, -0.1) is 0 Å². The monoisotopic (exact) mass is 270 g/mol. The molecule has 1 aliphatic heterocycles. The maximum atomic E-state index is 13.0. The van der Waals surface area contributed by atoms with Crippen molar-refractivity contribution in [2.45, 2.75) is 23.8 Å². The summed E-state index contributed by atoms with van der Waals surface area (Å²) in [4.78, 5) is 1.88. The number of rotatable bonds is 0. The highest BCUT2D eigenvalue weighted by Gasteiger charge is 2.85. The molecule has 2 nitrogen and oxygen atoms in total. The molecule has 0 aromatic rings. The van der Waals surface area contributed by atoms with Crippen LogP contribution in [-0.2, 0) is 0 Å². The van der Waals surface area contributed by atoms with Gasteiger partial charge in [-0.3, -0.25) is 0 Å². The van der Waals surface area contributed by atoms with Gasteiger partial charge < -0.3 is 4.90 Å². The molecule has 1 heterocycles. The van der Waals surface area contributed by atoms with Gasteiger partial charge in [0.15, 0.2) is 5.84 Å². The van der Waals surface area contributed by atoms with Crippen LogP contribution in [0.15, 0.2) is 4.99 Å². The largest absolute Gasteiger partial charge is 0.413 e. The molecule has 0 atom stereocenters. The summed E-state index contributed by atoms with van der Waals surface area (Å²) in [7, 11) is 1.42. The Hall–Kier alpha value is -1.09. The molecule has 0 aromatic heterocycles. The van der Waals surface area contributed by atoms with Crippen LogP contribution < -0.4 is 0 Å². The first kappa shape index (κ1) is 14.0. The van der Waals surface area contributed by atoms with Crippen LogP contribution in [0.25, 0.3) is 0 Å². The van der Waals surface area contributed by atoms with Crippen LogP contribution in [0.4, 0.5) is 35.1 Å². The van der Waals surface area contributed by atoms with Gasteiger partial charge >= 0.3 is 23.8 Å². The molecule has 1 rings (SSSR count). The standard InChI is InChI=1S/C7H6F8N2/c1-17(2)3-4(8,9)5(10,11)6(12,13)7(14,15)16-3/h1-2H3. The zero-order valence-electron chi connectivity index (χ0n) is 8.42. The number of aliphatic imine (C=N–C) groups is 1. The average Bonchev–Trinajstić information content (AvgIpc) is 2.11. The second-order valence-electron chi connectivity index (χ2n) is 3.59. The van der Waals surface area contributed by atoms with E-state index in [0.29, 0.717) is 14.1 Å². The van der Waals surface area contributed by atoms with Crippen molar-refractivity contribution in [3.05, 3.63) is 0 Å². The zero-order chi connectivity index (χ0) is 13.9. The number of alkyl halides is 8. The van der Waals surface area contributed by atoms with Gasteiger partial charge in [-0.25, -0.2) is 0 Å². The summed E-state index contributed by atoms with van der Waals surface area (Å²) in [6.45, 7) is 0. The van der Waals surface area contributed by atoms with Gasteiger partial charge in [0.05, 0.1) is 0 Å². The van der Waals surface area contributed by atoms with E-state index in [-0.39, 0.29) is 4.90 Å². The summed E-state index contributed by atoms with van der Waals surface area (Å²) in [5.41, 5.74) is 0. The molecule has 0 N–H and O–H groups in total. The molecular formula is C7H6F8N2. The van der Waals surface area contributed by atoms with E-state index in [0.717, 1.165) is 0 Å². The highest BCUT2D eigenvalue weighted by Crippen LogP contribution is 2.56. The highest BCUT2D eigenvalue weighted by atomic mass is 19.4. The van der Waals surface area contributed by atoms with E-state index in [9.17, 15) is 35.1 Å². The fraction of sp³-hybridized carbons (Fsp3) is 0.857. The van der Waals surface area contributed by atoms with Crippen molar-refractivity contribution in [3.8, 4) is 0 Å². The van der Waals surface area contributed by atoms with E-state index in [2.05, 4.69) is 0 Å². The van der Waals surface area contributed by atoms with Gasteiger partial charge in [0.1, 0.15) is 0 Å². The van der Waals surface area contributed by atoms with Crippen molar-refractivity contribution < 1.29 is 35.1 Å². The first-order valence-electron chi connectivity index (χ1n) is 4.08. The lowest BCUT2D eigenvalue weighted by Gasteiger charge is -2.41. The summed E-state index contributed by atoms with van der Waals surface area (Å²) < 4.78 is 102.